The largest absolute Gasteiger partial charge is 0.496 e. The van der Waals surface area contributed by atoms with Crippen molar-refractivity contribution in [3.8, 4) is 17.2 Å². The Hall–Kier alpha value is -1.40. The zero-order valence-corrected chi connectivity index (χ0v) is 13.5. The fourth-order valence-corrected chi connectivity index (χ4v) is 2.98. The van der Waals surface area contributed by atoms with Crippen molar-refractivity contribution in [2.45, 2.75) is 19.3 Å². The number of piperidine rings is 1. The topological polar surface area (TPSA) is 60.2 Å². The van der Waals surface area contributed by atoms with Gasteiger partial charge in [-0.2, -0.15) is 4.98 Å². The lowest BCUT2D eigenvalue weighted by molar-refractivity contribution is 0.359. The molecule has 0 aliphatic carbocycles. The van der Waals surface area contributed by atoms with E-state index in [2.05, 4.69) is 31.4 Å². The smallest absolute Gasteiger partial charge is 0.261 e. The molecule has 5 nitrogen and oxygen atoms in total. The molecule has 1 aromatic heterocycles. The lowest BCUT2D eigenvalue weighted by Crippen LogP contribution is -2.31. The SMILES string of the molecule is COc1cc(Br)ccc1-c1nc(CC2CCCNC2)no1. The molecule has 1 aliphatic rings. The molecule has 1 atom stereocenters. The van der Waals surface area contributed by atoms with Crippen LogP contribution in [0.4, 0.5) is 0 Å². The molecule has 1 aromatic carbocycles. The molecule has 0 spiro atoms. The molecule has 0 amide bonds. The number of hydrogen-bond donors (Lipinski definition) is 1. The number of halogens is 1. The lowest BCUT2D eigenvalue weighted by Gasteiger charge is -2.20. The number of benzene rings is 1. The predicted molar refractivity (Wildman–Crippen MR) is 83.3 cm³/mol. The molecular formula is C15H18BrN3O2. The van der Waals surface area contributed by atoms with Crippen LogP contribution in [0.15, 0.2) is 27.2 Å². The zero-order valence-electron chi connectivity index (χ0n) is 11.9. The van der Waals surface area contributed by atoms with Gasteiger partial charge in [0.15, 0.2) is 5.82 Å². The molecule has 1 unspecified atom stereocenters. The van der Waals surface area contributed by atoms with Crippen LogP contribution in [-0.2, 0) is 6.42 Å². The minimum Gasteiger partial charge on any atom is -0.496 e. The van der Waals surface area contributed by atoms with Crippen molar-refractivity contribution in [1.29, 1.82) is 0 Å². The number of rotatable bonds is 4. The maximum absolute atomic E-state index is 5.40. The average Bonchev–Trinajstić information content (AvgIpc) is 2.96. The second-order valence-corrected chi connectivity index (χ2v) is 6.19. The van der Waals surface area contributed by atoms with Crippen molar-refractivity contribution >= 4 is 15.9 Å². The Morgan fingerprint density at radius 1 is 1.48 bits per heavy atom. The van der Waals surface area contributed by atoms with Crippen LogP contribution >= 0.6 is 15.9 Å². The van der Waals surface area contributed by atoms with Crippen molar-refractivity contribution in [3.05, 3.63) is 28.5 Å². The van der Waals surface area contributed by atoms with Gasteiger partial charge in [-0.15, -0.1) is 0 Å². The molecule has 1 fully saturated rings. The summed E-state index contributed by atoms with van der Waals surface area (Å²) < 4.78 is 11.7. The van der Waals surface area contributed by atoms with Crippen LogP contribution in [0.1, 0.15) is 18.7 Å². The molecule has 3 rings (SSSR count). The highest BCUT2D eigenvalue weighted by molar-refractivity contribution is 9.10. The standard InChI is InChI=1S/C15H18BrN3O2/c1-20-13-8-11(16)4-5-12(13)15-18-14(19-21-15)7-10-3-2-6-17-9-10/h4-5,8,10,17H,2-3,6-7,9H2,1H3. The van der Waals surface area contributed by atoms with Gasteiger partial charge in [-0.25, -0.2) is 0 Å². The van der Waals surface area contributed by atoms with Crippen molar-refractivity contribution in [2.24, 2.45) is 5.92 Å². The highest BCUT2D eigenvalue weighted by Crippen LogP contribution is 2.31. The van der Waals surface area contributed by atoms with Crippen LogP contribution in [0, 0.1) is 5.92 Å². The van der Waals surface area contributed by atoms with Crippen molar-refractivity contribution in [3.63, 3.8) is 0 Å². The molecule has 6 heteroatoms. The van der Waals surface area contributed by atoms with Crippen LogP contribution in [0.2, 0.25) is 0 Å². The van der Waals surface area contributed by atoms with Gasteiger partial charge in [0.05, 0.1) is 12.7 Å². The Bertz CT molecular complexity index is 609. The summed E-state index contributed by atoms with van der Waals surface area (Å²) in [5, 5.41) is 7.51. The number of ether oxygens (including phenoxy) is 1. The van der Waals surface area contributed by atoms with Gasteiger partial charge in [-0.3, -0.25) is 0 Å². The molecule has 21 heavy (non-hydrogen) atoms. The van der Waals surface area contributed by atoms with E-state index in [1.54, 1.807) is 7.11 Å². The number of nitrogens with one attached hydrogen (secondary N) is 1. The predicted octanol–water partition coefficient (Wildman–Crippen LogP) is 3.05. The maximum Gasteiger partial charge on any atom is 0.261 e. The first-order chi connectivity index (χ1) is 10.3. The third-order valence-corrected chi connectivity index (χ3v) is 4.23. The summed E-state index contributed by atoms with van der Waals surface area (Å²) in [6.45, 7) is 2.15. The second-order valence-electron chi connectivity index (χ2n) is 5.28. The van der Waals surface area contributed by atoms with Crippen molar-refractivity contribution in [2.75, 3.05) is 20.2 Å². The minimum absolute atomic E-state index is 0.512. The fourth-order valence-electron chi connectivity index (χ4n) is 2.64. The van der Waals surface area contributed by atoms with Crippen LogP contribution < -0.4 is 10.1 Å². The van der Waals surface area contributed by atoms with Gasteiger partial charge in [-0.1, -0.05) is 21.1 Å². The van der Waals surface area contributed by atoms with E-state index in [9.17, 15) is 0 Å². The first kappa shape index (κ1) is 14.5. The molecular weight excluding hydrogens is 334 g/mol. The van der Waals surface area contributed by atoms with Crippen LogP contribution in [-0.4, -0.2) is 30.3 Å². The van der Waals surface area contributed by atoms with E-state index in [0.29, 0.717) is 11.8 Å². The monoisotopic (exact) mass is 351 g/mol. The van der Waals surface area contributed by atoms with Gasteiger partial charge in [0.1, 0.15) is 5.75 Å². The molecule has 2 aromatic rings. The van der Waals surface area contributed by atoms with E-state index in [4.69, 9.17) is 9.26 Å². The molecule has 112 valence electrons. The molecule has 2 heterocycles. The quantitative estimate of drug-likeness (QED) is 0.917. The molecule has 1 aliphatic heterocycles. The minimum atomic E-state index is 0.512. The highest BCUT2D eigenvalue weighted by Gasteiger charge is 2.18. The Labute approximate surface area is 132 Å². The Kier molecular flexibility index (Phi) is 4.55. The first-order valence-electron chi connectivity index (χ1n) is 7.13. The van der Waals surface area contributed by atoms with E-state index < -0.39 is 0 Å². The second kappa shape index (κ2) is 6.58. The maximum atomic E-state index is 5.40. The molecule has 1 N–H and O–H groups in total. The normalized spacial score (nSPS) is 18.7. The lowest BCUT2D eigenvalue weighted by atomic mass is 9.96. The Balaban J connectivity index is 1.78. The Morgan fingerprint density at radius 3 is 3.14 bits per heavy atom. The van der Waals surface area contributed by atoms with Gasteiger partial charge >= 0.3 is 0 Å². The average molecular weight is 352 g/mol. The van der Waals surface area contributed by atoms with Gasteiger partial charge in [0, 0.05) is 10.9 Å². The van der Waals surface area contributed by atoms with Gasteiger partial charge in [0.25, 0.3) is 5.89 Å². The molecule has 0 saturated carbocycles. The molecule has 1 saturated heterocycles. The van der Waals surface area contributed by atoms with Gasteiger partial charge in [0.2, 0.25) is 0 Å². The van der Waals surface area contributed by atoms with E-state index in [-0.39, 0.29) is 0 Å². The van der Waals surface area contributed by atoms with Gasteiger partial charge in [-0.05, 0) is 50.0 Å². The van der Waals surface area contributed by atoms with Gasteiger partial charge < -0.3 is 14.6 Å². The summed E-state index contributed by atoms with van der Waals surface area (Å²) in [5.41, 5.74) is 0.821. The summed E-state index contributed by atoms with van der Waals surface area (Å²) >= 11 is 3.43. The summed E-state index contributed by atoms with van der Waals surface area (Å²) in [6.07, 6.45) is 3.30. The number of hydrogen-bond acceptors (Lipinski definition) is 5. The van der Waals surface area contributed by atoms with Crippen LogP contribution in [0.5, 0.6) is 5.75 Å². The Morgan fingerprint density at radius 2 is 2.38 bits per heavy atom. The number of nitrogens with zero attached hydrogens (tertiary/aromatic N) is 2. The number of aromatic nitrogens is 2. The molecule has 0 bridgehead atoms. The van der Waals surface area contributed by atoms with E-state index in [0.717, 1.165) is 41.1 Å². The van der Waals surface area contributed by atoms with E-state index in [1.807, 2.05) is 18.2 Å². The fraction of sp³-hybridized carbons (Fsp3) is 0.467. The summed E-state index contributed by atoms with van der Waals surface area (Å²) in [7, 11) is 1.64. The summed E-state index contributed by atoms with van der Waals surface area (Å²) in [4.78, 5) is 4.51. The summed E-state index contributed by atoms with van der Waals surface area (Å²) in [5.74, 6) is 2.59. The molecule has 0 radical (unpaired) electrons. The van der Waals surface area contributed by atoms with Crippen molar-refractivity contribution < 1.29 is 9.26 Å². The number of methoxy groups -OCH3 is 1. The van der Waals surface area contributed by atoms with Crippen molar-refractivity contribution in [1.82, 2.24) is 15.5 Å². The summed E-state index contributed by atoms with van der Waals surface area (Å²) in [6, 6.07) is 5.75. The third-order valence-electron chi connectivity index (χ3n) is 3.73. The highest BCUT2D eigenvalue weighted by atomic mass is 79.9. The van der Waals surface area contributed by atoms with Crippen LogP contribution in [0.25, 0.3) is 11.5 Å². The van der Waals surface area contributed by atoms with Crippen LogP contribution in [0.3, 0.4) is 0 Å². The first-order valence-corrected chi connectivity index (χ1v) is 7.93. The third kappa shape index (κ3) is 3.44. The van der Waals surface area contributed by atoms with E-state index >= 15 is 0 Å². The van der Waals surface area contributed by atoms with E-state index in [1.165, 1.54) is 12.8 Å². The zero-order chi connectivity index (χ0) is 14.7.